The van der Waals surface area contributed by atoms with E-state index in [4.69, 9.17) is 9.47 Å². The van der Waals surface area contributed by atoms with Gasteiger partial charge in [0.25, 0.3) is 0 Å². The van der Waals surface area contributed by atoms with Crippen molar-refractivity contribution in [2.45, 2.75) is 38.2 Å². The first-order chi connectivity index (χ1) is 9.07. The zero-order chi connectivity index (χ0) is 13.9. The molecule has 19 heavy (non-hydrogen) atoms. The molecule has 1 aromatic carbocycles. The molecule has 1 heterocycles. The maximum Gasteiger partial charge on any atom is 0.168 e. The number of hydrogen-bond donors (Lipinski definition) is 0. The van der Waals surface area contributed by atoms with Crippen molar-refractivity contribution in [3.63, 3.8) is 0 Å². The molecule has 1 aromatic rings. The Morgan fingerprint density at radius 3 is 2.89 bits per heavy atom. The van der Waals surface area contributed by atoms with Crippen molar-refractivity contribution in [2.24, 2.45) is 0 Å². The highest BCUT2D eigenvalue weighted by atomic mass is 19.1. The van der Waals surface area contributed by atoms with Gasteiger partial charge < -0.3 is 9.47 Å². The van der Waals surface area contributed by atoms with Crippen LogP contribution >= 0.6 is 0 Å². The zero-order valence-corrected chi connectivity index (χ0v) is 11.4. The van der Waals surface area contributed by atoms with Gasteiger partial charge in [0, 0.05) is 13.0 Å². The number of benzene rings is 1. The van der Waals surface area contributed by atoms with Gasteiger partial charge in [0.2, 0.25) is 0 Å². The number of ketones is 1. The largest absolute Gasteiger partial charge is 0.494 e. The number of rotatable bonds is 4. The van der Waals surface area contributed by atoms with Crippen molar-refractivity contribution in [1.82, 2.24) is 0 Å². The Bertz CT molecular complexity index is 464. The molecule has 0 spiro atoms. The summed E-state index contributed by atoms with van der Waals surface area (Å²) in [7, 11) is 1.41. The summed E-state index contributed by atoms with van der Waals surface area (Å²) in [6.07, 6.45) is 2.70. The van der Waals surface area contributed by atoms with E-state index in [1.54, 1.807) is 25.1 Å². The number of carbonyl (C=O) groups excluding carboxylic acids is 1. The third kappa shape index (κ3) is 2.95. The maximum atomic E-state index is 14.0. The summed E-state index contributed by atoms with van der Waals surface area (Å²) in [6, 6.07) is 4.85. The van der Waals surface area contributed by atoms with Gasteiger partial charge in [-0.05, 0) is 37.8 Å². The first-order valence-electron chi connectivity index (χ1n) is 6.55. The summed E-state index contributed by atoms with van der Waals surface area (Å²) in [5, 5.41) is 0. The van der Waals surface area contributed by atoms with Crippen molar-refractivity contribution in [1.29, 1.82) is 0 Å². The first kappa shape index (κ1) is 14.0. The van der Waals surface area contributed by atoms with Crippen LogP contribution in [0.15, 0.2) is 18.2 Å². The van der Waals surface area contributed by atoms with Gasteiger partial charge in [-0.2, -0.15) is 0 Å². The van der Waals surface area contributed by atoms with E-state index in [2.05, 4.69) is 0 Å². The molecule has 0 bridgehead atoms. The Hall–Kier alpha value is -1.42. The van der Waals surface area contributed by atoms with Crippen LogP contribution in [0, 0.1) is 5.82 Å². The van der Waals surface area contributed by atoms with E-state index in [1.807, 2.05) is 0 Å². The topological polar surface area (TPSA) is 35.5 Å². The Labute approximate surface area is 112 Å². The van der Waals surface area contributed by atoms with Crippen LogP contribution in [0.2, 0.25) is 0 Å². The minimum atomic E-state index is -0.770. The molecule has 0 saturated carbocycles. The average Bonchev–Trinajstić information content (AvgIpc) is 2.42. The zero-order valence-electron chi connectivity index (χ0n) is 11.4. The number of methoxy groups -OCH3 is 1. The molecule has 2 rings (SSSR count). The van der Waals surface area contributed by atoms with E-state index in [0.29, 0.717) is 18.6 Å². The van der Waals surface area contributed by atoms with Gasteiger partial charge in [0.05, 0.1) is 7.11 Å². The second kappa shape index (κ2) is 5.70. The standard InChI is InChI=1S/C15H19FO3/c1-15(8-3-4-9-19-15)13(17)10-11-6-5-7-12(18-2)14(11)16/h5-7H,3-4,8-10H2,1-2H3. The van der Waals surface area contributed by atoms with Crippen LogP contribution < -0.4 is 4.74 Å². The highest BCUT2D eigenvalue weighted by Gasteiger charge is 2.35. The van der Waals surface area contributed by atoms with Gasteiger partial charge in [-0.15, -0.1) is 0 Å². The van der Waals surface area contributed by atoms with E-state index in [1.165, 1.54) is 7.11 Å². The lowest BCUT2D eigenvalue weighted by molar-refractivity contribution is -0.147. The Morgan fingerprint density at radius 1 is 1.47 bits per heavy atom. The van der Waals surface area contributed by atoms with Gasteiger partial charge in [-0.25, -0.2) is 4.39 Å². The van der Waals surface area contributed by atoms with Gasteiger partial charge in [-0.3, -0.25) is 4.79 Å². The van der Waals surface area contributed by atoms with Gasteiger partial charge in [-0.1, -0.05) is 12.1 Å². The minimum absolute atomic E-state index is 0.0412. The van der Waals surface area contributed by atoms with E-state index in [9.17, 15) is 9.18 Å². The van der Waals surface area contributed by atoms with E-state index >= 15 is 0 Å². The monoisotopic (exact) mass is 266 g/mol. The van der Waals surface area contributed by atoms with Crippen LogP contribution in [0.5, 0.6) is 5.75 Å². The highest BCUT2D eigenvalue weighted by molar-refractivity contribution is 5.89. The third-order valence-electron chi connectivity index (χ3n) is 3.67. The SMILES string of the molecule is COc1cccc(CC(=O)C2(C)CCCCO2)c1F. The van der Waals surface area contributed by atoms with E-state index in [-0.39, 0.29) is 18.0 Å². The fraction of sp³-hybridized carbons (Fsp3) is 0.533. The molecule has 0 amide bonds. The van der Waals surface area contributed by atoms with Crippen molar-refractivity contribution < 1.29 is 18.7 Å². The first-order valence-corrected chi connectivity index (χ1v) is 6.55. The molecule has 0 N–H and O–H groups in total. The fourth-order valence-corrected chi connectivity index (χ4v) is 2.36. The molecule has 1 aliphatic heterocycles. The predicted octanol–water partition coefficient (Wildman–Crippen LogP) is 2.91. The van der Waals surface area contributed by atoms with Gasteiger partial charge in [0.15, 0.2) is 17.3 Å². The molecule has 0 aliphatic carbocycles. The minimum Gasteiger partial charge on any atom is -0.494 e. The van der Waals surface area contributed by atoms with Crippen molar-refractivity contribution >= 4 is 5.78 Å². The second-order valence-corrected chi connectivity index (χ2v) is 5.07. The third-order valence-corrected chi connectivity index (χ3v) is 3.67. The fourth-order valence-electron chi connectivity index (χ4n) is 2.36. The highest BCUT2D eigenvalue weighted by Crippen LogP contribution is 2.28. The molecule has 0 aromatic heterocycles. The van der Waals surface area contributed by atoms with Crippen LogP contribution in [-0.2, 0) is 16.0 Å². The average molecular weight is 266 g/mol. The second-order valence-electron chi connectivity index (χ2n) is 5.07. The molecule has 0 radical (unpaired) electrons. The molecule has 1 fully saturated rings. The van der Waals surface area contributed by atoms with Gasteiger partial charge >= 0.3 is 0 Å². The van der Waals surface area contributed by atoms with E-state index in [0.717, 1.165) is 12.8 Å². The molecule has 1 unspecified atom stereocenters. The van der Waals surface area contributed by atoms with Crippen LogP contribution in [0.3, 0.4) is 0 Å². The molecule has 1 aliphatic rings. The molecule has 4 heteroatoms. The molecule has 104 valence electrons. The summed E-state index contributed by atoms with van der Waals surface area (Å²) in [5.41, 5.74) is -0.409. The Balaban J connectivity index is 2.14. The number of halogens is 1. The summed E-state index contributed by atoms with van der Waals surface area (Å²) in [4.78, 5) is 12.3. The Kier molecular flexibility index (Phi) is 4.20. The normalized spacial score (nSPS) is 23.1. The van der Waals surface area contributed by atoms with Crippen LogP contribution in [0.1, 0.15) is 31.7 Å². The lowest BCUT2D eigenvalue weighted by atomic mass is 9.88. The summed E-state index contributed by atoms with van der Waals surface area (Å²) >= 11 is 0. The van der Waals surface area contributed by atoms with Gasteiger partial charge in [0.1, 0.15) is 5.60 Å². The summed E-state index contributed by atoms with van der Waals surface area (Å²) in [6.45, 7) is 2.40. The number of ether oxygens (including phenoxy) is 2. The smallest absolute Gasteiger partial charge is 0.168 e. The summed E-state index contributed by atoms with van der Waals surface area (Å²) < 4.78 is 24.5. The van der Waals surface area contributed by atoms with Crippen molar-refractivity contribution in [3.8, 4) is 5.75 Å². The van der Waals surface area contributed by atoms with Crippen LogP contribution in [0.4, 0.5) is 4.39 Å². The lowest BCUT2D eigenvalue weighted by Crippen LogP contribution is -2.42. The lowest BCUT2D eigenvalue weighted by Gasteiger charge is -2.32. The predicted molar refractivity (Wildman–Crippen MR) is 69.9 cm³/mol. The molecular weight excluding hydrogens is 247 g/mol. The molecule has 1 saturated heterocycles. The van der Waals surface area contributed by atoms with Crippen molar-refractivity contribution in [3.05, 3.63) is 29.6 Å². The Morgan fingerprint density at radius 2 is 2.26 bits per heavy atom. The van der Waals surface area contributed by atoms with Crippen LogP contribution in [-0.4, -0.2) is 25.1 Å². The number of Topliss-reactive ketones (excluding diaryl/α,β-unsaturated/α-hetero) is 1. The number of carbonyl (C=O) groups is 1. The van der Waals surface area contributed by atoms with Crippen molar-refractivity contribution in [2.75, 3.05) is 13.7 Å². The molecule has 3 nitrogen and oxygen atoms in total. The van der Waals surface area contributed by atoms with E-state index < -0.39 is 11.4 Å². The summed E-state index contributed by atoms with van der Waals surface area (Å²) in [5.74, 6) is -0.364. The van der Waals surface area contributed by atoms with Crippen LogP contribution in [0.25, 0.3) is 0 Å². The molecule has 1 atom stereocenters. The molecular formula is C15H19FO3. The quantitative estimate of drug-likeness (QED) is 0.840. The maximum absolute atomic E-state index is 14.0. The number of hydrogen-bond acceptors (Lipinski definition) is 3.